The Balaban J connectivity index is 2.08. The van der Waals surface area contributed by atoms with Gasteiger partial charge >= 0.3 is 0 Å². The van der Waals surface area contributed by atoms with Gasteiger partial charge in [0.1, 0.15) is 11.4 Å². The second kappa shape index (κ2) is 4.52. The summed E-state index contributed by atoms with van der Waals surface area (Å²) in [4.78, 5) is 4.10. The number of aromatic nitrogens is 2. The molecule has 0 atom stereocenters. The van der Waals surface area contributed by atoms with Gasteiger partial charge in [0, 0.05) is 0 Å². The van der Waals surface area contributed by atoms with Crippen LogP contribution in [0, 0.1) is 11.6 Å². The lowest BCUT2D eigenvalue weighted by Crippen LogP contribution is -2.44. The van der Waals surface area contributed by atoms with E-state index in [4.69, 9.17) is 15.0 Å². The van der Waals surface area contributed by atoms with Crippen molar-refractivity contribution < 1.29 is 18.0 Å². The highest BCUT2D eigenvalue weighted by Crippen LogP contribution is 2.39. The number of benzene rings is 1. The SMILES string of the molecule is COc1c(F)ccc(F)c1-c1nc(C2(N)CCC2)no1. The molecule has 0 amide bonds. The molecule has 1 aromatic carbocycles. The van der Waals surface area contributed by atoms with E-state index in [0.717, 1.165) is 31.4 Å². The molecule has 1 heterocycles. The van der Waals surface area contributed by atoms with Crippen molar-refractivity contribution >= 4 is 0 Å². The fourth-order valence-electron chi connectivity index (χ4n) is 2.24. The van der Waals surface area contributed by atoms with Crippen LogP contribution in [0.2, 0.25) is 0 Å². The molecule has 0 unspecified atom stereocenters. The standard InChI is InChI=1S/C13H13F2N3O2/c1-19-10-8(15)4-3-7(14)9(10)11-17-12(18-20-11)13(16)5-2-6-13/h3-4H,2,5-6,16H2,1H3. The summed E-state index contributed by atoms with van der Waals surface area (Å²) in [7, 11) is 1.25. The molecule has 3 rings (SSSR count). The Labute approximate surface area is 113 Å². The second-order valence-electron chi connectivity index (χ2n) is 4.87. The Morgan fingerprint density at radius 2 is 2.00 bits per heavy atom. The molecule has 0 aliphatic heterocycles. The van der Waals surface area contributed by atoms with E-state index in [9.17, 15) is 8.78 Å². The predicted octanol–water partition coefficient (Wildman–Crippen LogP) is 2.36. The molecular weight excluding hydrogens is 268 g/mol. The van der Waals surface area contributed by atoms with Crippen molar-refractivity contribution in [3.8, 4) is 17.2 Å². The first-order chi connectivity index (χ1) is 9.55. The van der Waals surface area contributed by atoms with Gasteiger partial charge in [0.15, 0.2) is 17.4 Å². The van der Waals surface area contributed by atoms with Crippen LogP contribution in [-0.2, 0) is 5.54 Å². The number of ether oxygens (including phenoxy) is 1. The smallest absolute Gasteiger partial charge is 0.264 e. The van der Waals surface area contributed by atoms with Crippen LogP contribution in [0.3, 0.4) is 0 Å². The van der Waals surface area contributed by atoms with Gasteiger partial charge in [-0.1, -0.05) is 5.16 Å². The molecule has 1 aliphatic rings. The van der Waals surface area contributed by atoms with E-state index in [2.05, 4.69) is 10.1 Å². The number of halogens is 2. The quantitative estimate of drug-likeness (QED) is 0.934. The van der Waals surface area contributed by atoms with Crippen LogP contribution in [0.15, 0.2) is 16.7 Å². The fourth-order valence-corrected chi connectivity index (χ4v) is 2.24. The minimum atomic E-state index is -0.699. The Morgan fingerprint density at radius 3 is 2.60 bits per heavy atom. The maximum absolute atomic E-state index is 13.9. The van der Waals surface area contributed by atoms with E-state index < -0.39 is 17.2 Å². The summed E-state index contributed by atoms with van der Waals surface area (Å²) >= 11 is 0. The second-order valence-corrected chi connectivity index (χ2v) is 4.87. The summed E-state index contributed by atoms with van der Waals surface area (Å²) in [6.07, 6.45) is 2.47. The van der Waals surface area contributed by atoms with E-state index in [1.54, 1.807) is 0 Å². The number of methoxy groups -OCH3 is 1. The zero-order chi connectivity index (χ0) is 14.3. The van der Waals surface area contributed by atoms with E-state index in [1.165, 1.54) is 7.11 Å². The van der Waals surface area contributed by atoms with Crippen molar-refractivity contribution in [1.29, 1.82) is 0 Å². The summed E-state index contributed by atoms with van der Waals surface area (Å²) in [6, 6.07) is 1.96. The fraction of sp³-hybridized carbons (Fsp3) is 0.385. The topological polar surface area (TPSA) is 74.2 Å². The lowest BCUT2D eigenvalue weighted by Gasteiger charge is -2.34. The van der Waals surface area contributed by atoms with Crippen molar-refractivity contribution in [3.63, 3.8) is 0 Å². The Kier molecular flexibility index (Phi) is 2.93. The normalized spacial score (nSPS) is 16.8. The first-order valence-corrected chi connectivity index (χ1v) is 6.20. The van der Waals surface area contributed by atoms with Gasteiger partial charge in [0.2, 0.25) is 0 Å². The summed E-state index contributed by atoms with van der Waals surface area (Å²) in [5.41, 5.74) is 5.26. The third kappa shape index (κ3) is 1.85. The van der Waals surface area contributed by atoms with Crippen LogP contribution in [-0.4, -0.2) is 17.3 Å². The first kappa shape index (κ1) is 13.0. The van der Waals surface area contributed by atoms with E-state index in [-0.39, 0.29) is 17.2 Å². The van der Waals surface area contributed by atoms with Crippen LogP contribution in [0.1, 0.15) is 25.1 Å². The van der Waals surface area contributed by atoms with Crippen LogP contribution < -0.4 is 10.5 Å². The Morgan fingerprint density at radius 1 is 1.30 bits per heavy atom. The molecule has 1 saturated carbocycles. The predicted molar refractivity (Wildman–Crippen MR) is 65.9 cm³/mol. The van der Waals surface area contributed by atoms with Gasteiger partial charge < -0.3 is 15.0 Å². The van der Waals surface area contributed by atoms with Gasteiger partial charge in [0.25, 0.3) is 5.89 Å². The van der Waals surface area contributed by atoms with Gasteiger partial charge in [-0.15, -0.1) is 0 Å². The average Bonchev–Trinajstić information content (AvgIpc) is 2.87. The van der Waals surface area contributed by atoms with E-state index >= 15 is 0 Å². The molecule has 0 bridgehead atoms. The third-order valence-corrected chi connectivity index (χ3v) is 3.59. The van der Waals surface area contributed by atoms with Crippen LogP contribution in [0.4, 0.5) is 8.78 Å². The molecule has 0 saturated heterocycles. The molecule has 2 aromatic rings. The number of rotatable bonds is 3. The summed E-state index contributed by atoms with van der Waals surface area (Å²) in [5.74, 6) is -1.48. The summed E-state index contributed by atoms with van der Waals surface area (Å²) < 4.78 is 37.4. The first-order valence-electron chi connectivity index (χ1n) is 6.20. The largest absolute Gasteiger partial charge is 0.493 e. The molecule has 2 N–H and O–H groups in total. The minimum absolute atomic E-state index is 0.134. The number of nitrogens with two attached hydrogens (primary N) is 1. The molecule has 7 heteroatoms. The number of hydrogen-bond acceptors (Lipinski definition) is 5. The van der Waals surface area contributed by atoms with E-state index in [0.29, 0.717) is 5.82 Å². The van der Waals surface area contributed by atoms with Gasteiger partial charge in [-0.3, -0.25) is 0 Å². The highest BCUT2D eigenvalue weighted by molar-refractivity contribution is 5.64. The van der Waals surface area contributed by atoms with Gasteiger partial charge in [-0.2, -0.15) is 4.98 Å². The van der Waals surface area contributed by atoms with E-state index in [1.807, 2.05) is 0 Å². The van der Waals surface area contributed by atoms with Gasteiger partial charge in [-0.25, -0.2) is 8.78 Å². The molecule has 20 heavy (non-hydrogen) atoms. The highest BCUT2D eigenvalue weighted by Gasteiger charge is 2.39. The molecule has 106 valence electrons. The van der Waals surface area contributed by atoms with Crippen LogP contribution >= 0.6 is 0 Å². The van der Waals surface area contributed by atoms with Crippen molar-refractivity contribution in [2.45, 2.75) is 24.8 Å². The highest BCUT2D eigenvalue weighted by atomic mass is 19.1. The van der Waals surface area contributed by atoms with Crippen molar-refractivity contribution in [2.24, 2.45) is 5.73 Å². The van der Waals surface area contributed by atoms with Crippen molar-refractivity contribution in [1.82, 2.24) is 10.1 Å². The zero-order valence-corrected chi connectivity index (χ0v) is 10.8. The zero-order valence-electron chi connectivity index (χ0n) is 10.8. The van der Waals surface area contributed by atoms with Gasteiger partial charge in [-0.05, 0) is 31.4 Å². The number of hydrogen-bond donors (Lipinski definition) is 1. The molecule has 0 radical (unpaired) electrons. The molecule has 0 spiro atoms. The summed E-state index contributed by atoms with van der Waals surface area (Å²) in [6.45, 7) is 0. The lowest BCUT2D eigenvalue weighted by molar-refractivity contribution is 0.229. The molecular formula is C13H13F2N3O2. The minimum Gasteiger partial charge on any atom is -0.493 e. The molecule has 1 fully saturated rings. The monoisotopic (exact) mass is 281 g/mol. The van der Waals surface area contributed by atoms with Gasteiger partial charge in [0.05, 0.1) is 12.6 Å². The average molecular weight is 281 g/mol. The number of nitrogens with zero attached hydrogens (tertiary/aromatic N) is 2. The van der Waals surface area contributed by atoms with Crippen molar-refractivity contribution in [2.75, 3.05) is 7.11 Å². The Bertz CT molecular complexity index is 653. The lowest BCUT2D eigenvalue weighted by atomic mass is 9.77. The van der Waals surface area contributed by atoms with Crippen LogP contribution in [0.5, 0.6) is 5.75 Å². The molecule has 5 nitrogen and oxygen atoms in total. The molecule has 1 aliphatic carbocycles. The summed E-state index contributed by atoms with van der Waals surface area (Å²) in [5, 5.41) is 3.78. The maximum atomic E-state index is 13.9. The maximum Gasteiger partial charge on any atom is 0.264 e. The van der Waals surface area contributed by atoms with Crippen molar-refractivity contribution in [3.05, 3.63) is 29.6 Å². The third-order valence-electron chi connectivity index (χ3n) is 3.59. The Hall–Kier alpha value is -2.02. The molecule has 1 aromatic heterocycles. The van der Waals surface area contributed by atoms with Crippen LogP contribution in [0.25, 0.3) is 11.5 Å².